The highest BCUT2D eigenvalue weighted by Crippen LogP contribution is 2.40. The lowest BCUT2D eigenvalue weighted by atomic mass is 9.70. The second-order valence-electron chi connectivity index (χ2n) is 9.99. The average Bonchev–Trinajstić information content (AvgIpc) is 2.94. The van der Waals surface area contributed by atoms with E-state index >= 15 is 0 Å². The Hall–Kier alpha value is -3.17. The lowest BCUT2D eigenvalue weighted by molar-refractivity contribution is -0.139. The minimum absolute atomic E-state index is 0.0926. The van der Waals surface area contributed by atoms with Crippen LogP contribution in [-0.4, -0.2) is 23.8 Å². The number of aliphatic hydroxyl groups is 1. The molecular weight excluding hydrogens is 456 g/mol. The maximum absolute atomic E-state index is 11.9. The molecule has 0 aliphatic heterocycles. The van der Waals surface area contributed by atoms with Crippen molar-refractivity contribution >= 4 is 12.0 Å². The summed E-state index contributed by atoms with van der Waals surface area (Å²) < 4.78 is 4.89. The van der Waals surface area contributed by atoms with Crippen molar-refractivity contribution < 1.29 is 14.6 Å². The molecule has 196 valence electrons. The van der Waals surface area contributed by atoms with Crippen LogP contribution in [-0.2, 0) is 21.4 Å². The molecular formula is C34H42O3. The third-order valence-electron chi connectivity index (χ3n) is 8.16. The fourth-order valence-electron chi connectivity index (χ4n) is 5.28. The van der Waals surface area contributed by atoms with Gasteiger partial charge in [-0.05, 0) is 71.6 Å². The van der Waals surface area contributed by atoms with E-state index in [1.165, 1.54) is 23.8 Å². The monoisotopic (exact) mass is 498 g/mol. The van der Waals surface area contributed by atoms with Crippen LogP contribution in [0.3, 0.4) is 0 Å². The molecule has 0 saturated heterocycles. The fraction of sp³-hybridized carbons (Fsp3) is 0.382. The predicted molar refractivity (Wildman–Crippen MR) is 155 cm³/mol. The first-order chi connectivity index (χ1) is 17.8. The number of esters is 1. The number of rotatable bonds is 11. The van der Waals surface area contributed by atoms with E-state index in [-0.39, 0.29) is 17.8 Å². The molecule has 1 N–H and O–H groups in total. The van der Waals surface area contributed by atoms with E-state index in [0.29, 0.717) is 12.8 Å². The lowest BCUT2D eigenvalue weighted by Gasteiger charge is -2.34. The molecule has 0 aliphatic carbocycles. The molecule has 3 aromatic carbocycles. The van der Waals surface area contributed by atoms with Crippen LogP contribution in [0, 0.1) is 6.92 Å². The summed E-state index contributed by atoms with van der Waals surface area (Å²) in [5, 5.41) is 10.7. The highest BCUT2D eigenvalue weighted by molar-refractivity contribution is 5.78. The minimum Gasteiger partial charge on any atom is -0.469 e. The molecule has 0 aromatic heterocycles. The molecule has 3 aromatic rings. The summed E-state index contributed by atoms with van der Waals surface area (Å²) in [7, 11) is 1.43. The predicted octanol–water partition coefficient (Wildman–Crippen LogP) is 8.05. The first-order valence-electron chi connectivity index (χ1n) is 13.5. The first kappa shape index (κ1) is 28.4. The number of hydrogen-bond donors (Lipinski definition) is 1. The normalized spacial score (nSPS) is 12.2. The van der Waals surface area contributed by atoms with Crippen LogP contribution < -0.4 is 0 Å². The van der Waals surface area contributed by atoms with Crippen molar-refractivity contribution in [2.45, 2.75) is 77.7 Å². The van der Waals surface area contributed by atoms with Gasteiger partial charge in [-0.25, -0.2) is 0 Å². The van der Waals surface area contributed by atoms with Crippen LogP contribution in [0.15, 0.2) is 72.8 Å². The molecule has 0 atom stereocenters. The molecule has 0 amide bonds. The van der Waals surface area contributed by atoms with Crippen LogP contribution in [0.2, 0.25) is 0 Å². The molecule has 0 aliphatic rings. The van der Waals surface area contributed by atoms with Crippen molar-refractivity contribution in [1.29, 1.82) is 0 Å². The molecule has 0 fully saturated rings. The third kappa shape index (κ3) is 6.22. The van der Waals surface area contributed by atoms with Crippen molar-refractivity contribution in [2.75, 3.05) is 7.11 Å². The summed E-state index contributed by atoms with van der Waals surface area (Å²) in [5.41, 5.74) is 7.24. The Morgan fingerprint density at radius 2 is 1.49 bits per heavy atom. The Balaban J connectivity index is 1.96. The Labute approximate surface area is 223 Å². The van der Waals surface area contributed by atoms with Gasteiger partial charge in [-0.1, -0.05) is 107 Å². The van der Waals surface area contributed by atoms with E-state index in [0.717, 1.165) is 35.1 Å². The second-order valence-corrected chi connectivity index (χ2v) is 9.99. The molecule has 0 unspecified atom stereocenters. The summed E-state index contributed by atoms with van der Waals surface area (Å²) >= 11 is 0. The Morgan fingerprint density at radius 1 is 0.865 bits per heavy atom. The number of aryl methyl sites for hydroxylation is 1. The molecule has 3 nitrogen and oxygen atoms in total. The van der Waals surface area contributed by atoms with Gasteiger partial charge < -0.3 is 9.84 Å². The van der Waals surface area contributed by atoms with E-state index in [1.807, 2.05) is 38.1 Å². The highest BCUT2D eigenvalue weighted by atomic mass is 16.5. The largest absolute Gasteiger partial charge is 0.469 e. The minimum atomic E-state index is -0.751. The number of benzene rings is 3. The topological polar surface area (TPSA) is 46.5 Å². The third-order valence-corrected chi connectivity index (χ3v) is 8.16. The van der Waals surface area contributed by atoms with E-state index < -0.39 is 5.60 Å². The van der Waals surface area contributed by atoms with Gasteiger partial charge in [0.1, 0.15) is 0 Å². The van der Waals surface area contributed by atoms with Crippen LogP contribution in [0.5, 0.6) is 0 Å². The fourth-order valence-corrected chi connectivity index (χ4v) is 5.28. The first-order valence-corrected chi connectivity index (χ1v) is 13.5. The van der Waals surface area contributed by atoms with Gasteiger partial charge in [-0.3, -0.25) is 4.79 Å². The Bertz CT molecular complexity index is 1210. The number of hydrogen-bond acceptors (Lipinski definition) is 3. The van der Waals surface area contributed by atoms with Crippen LogP contribution in [0.1, 0.15) is 81.2 Å². The number of carbonyl (C=O) groups is 1. The van der Waals surface area contributed by atoms with Gasteiger partial charge >= 0.3 is 5.97 Å². The lowest BCUT2D eigenvalue weighted by Crippen LogP contribution is -2.26. The summed E-state index contributed by atoms with van der Waals surface area (Å²) in [5.74, 6) is -0.234. The van der Waals surface area contributed by atoms with E-state index in [1.54, 1.807) is 0 Å². The van der Waals surface area contributed by atoms with Gasteiger partial charge in [0.25, 0.3) is 0 Å². The number of carbonyl (C=O) groups excluding carboxylic acids is 1. The van der Waals surface area contributed by atoms with Crippen LogP contribution >= 0.6 is 0 Å². The second kappa shape index (κ2) is 12.4. The van der Waals surface area contributed by atoms with Gasteiger partial charge in [0.15, 0.2) is 0 Å². The number of ether oxygens (including phenoxy) is 1. The van der Waals surface area contributed by atoms with Crippen molar-refractivity contribution in [3.8, 4) is 11.1 Å². The molecule has 0 saturated carbocycles. The number of methoxy groups -OCH3 is 1. The van der Waals surface area contributed by atoms with Gasteiger partial charge in [0, 0.05) is 5.41 Å². The molecule has 0 spiro atoms. The van der Waals surface area contributed by atoms with Gasteiger partial charge in [-0.2, -0.15) is 0 Å². The maximum Gasteiger partial charge on any atom is 0.309 e. The van der Waals surface area contributed by atoms with Crippen molar-refractivity contribution in [3.05, 3.63) is 101 Å². The van der Waals surface area contributed by atoms with Crippen LogP contribution in [0.4, 0.5) is 0 Å². The van der Waals surface area contributed by atoms with E-state index in [9.17, 15) is 9.90 Å². The maximum atomic E-state index is 11.9. The Kier molecular flexibility index (Phi) is 9.50. The molecule has 0 bridgehead atoms. The zero-order chi connectivity index (χ0) is 27.1. The molecule has 3 heteroatoms. The van der Waals surface area contributed by atoms with E-state index in [4.69, 9.17) is 4.74 Å². The molecule has 0 heterocycles. The summed E-state index contributed by atoms with van der Waals surface area (Å²) in [6, 6.07) is 23.6. The summed E-state index contributed by atoms with van der Waals surface area (Å²) in [6.45, 7) is 10.7. The zero-order valence-corrected chi connectivity index (χ0v) is 23.3. The molecule has 3 rings (SSSR count). The van der Waals surface area contributed by atoms with Crippen LogP contribution in [0.25, 0.3) is 17.2 Å². The summed E-state index contributed by atoms with van der Waals surface area (Å²) in [6.07, 6.45) is 7.65. The molecule has 0 radical (unpaired) electrons. The standard InChI is InChI=1S/C34H42O3/c1-7-33(36,8-2)22-21-26-15-20-30(23-25(26)5)34(9-3,10-4)29-18-16-27(17-19-29)31-14-12-11-13-28(31)24-32(35)37-6/h11-23,36H,7-10,24H2,1-6H3/b22-21+. The van der Waals surface area contributed by atoms with Crippen molar-refractivity contribution in [3.63, 3.8) is 0 Å². The van der Waals surface area contributed by atoms with E-state index in [2.05, 4.69) is 75.4 Å². The zero-order valence-electron chi connectivity index (χ0n) is 23.3. The van der Waals surface area contributed by atoms with Gasteiger partial charge in [-0.15, -0.1) is 0 Å². The highest BCUT2D eigenvalue weighted by Gasteiger charge is 2.31. The summed E-state index contributed by atoms with van der Waals surface area (Å²) in [4.78, 5) is 11.9. The molecule has 37 heavy (non-hydrogen) atoms. The SMILES string of the molecule is CCC(O)(/C=C/c1ccc(C(CC)(CC)c2ccc(-c3ccccc3CC(=O)OC)cc2)cc1C)CC. The van der Waals surface area contributed by atoms with Crippen molar-refractivity contribution in [2.24, 2.45) is 0 Å². The Morgan fingerprint density at radius 3 is 2.05 bits per heavy atom. The average molecular weight is 499 g/mol. The van der Waals surface area contributed by atoms with Gasteiger partial charge in [0.2, 0.25) is 0 Å². The van der Waals surface area contributed by atoms with Crippen molar-refractivity contribution in [1.82, 2.24) is 0 Å². The smallest absolute Gasteiger partial charge is 0.309 e. The van der Waals surface area contributed by atoms with Gasteiger partial charge in [0.05, 0.1) is 19.1 Å². The quantitative estimate of drug-likeness (QED) is 0.272.